The van der Waals surface area contributed by atoms with Crippen molar-refractivity contribution < 1.29 is 9.53 Å². The van der Waals surface area contributed by atoms with Crippen molar-refractivity contribution in [2.45, 2.75) is 46.1 Å². The zero-order chi connectivity index (χ0) is 17.7. The SMILES string of the molecule is CC(C)Oc1ccc(NC(=O)Nc2ccc(C(C)(C)C)cc2)cc1. The molecule has 0 saturated carbocycles. The van der Waals surface area contributed by atoms with Crippen LogP contribution in [0.15, 0.2) is 48.5 Å². The Hall–Kier alpha value is -2.49. The first kappa shape index (κ1) is 17.9. The smallest absolute Gasteiger partial charge is 0.323 e. The largest absolute Gasteiger partial charge is 0.491 e. The molecule has 0 radical (unpaired) electrons. The fourth-order valence-corrected chi connectivity index (χ4v) is 2.24. The number of ether oxygens (including phenoxy) is 1. The van der Waals surface area contributed by atoms with E-state index in [2.05, 4.69) is 31.4 Å². The maximum absolute atomic E-state index is 12.1. The highest BCUT2D eigenvalue weighted by Crippen LogP contribution is 2.23. The van der Waals surface area contributed by atoms with Gasteiger partial charge in [-0.15, -0.1) is 0 Å². The fourth-order valence-electron chi connectivity index (χ4n) is 2.24. The van der Waals surface area contributed by atoms with E-state index in [1.807, 2.05) is 62.4 Å². The Labute approximate surface area is 144 Å². The van der Waals surface area contributed by atoms with E-state index in [1.54, 1.807) is 0 Å². The first-order chi connectivity index (χ1) is 11.2. The van der Waals surface area contributed by atoms with Gasteiger partial charge in [0.2, 0.25) is 0 Å². The van der Waals surface area contributed by atoms with Crippen molar-refractivity contribution in [3.05, 3.63) is 54.1 Å². The van der Waals surface area contributed by atoms with E-state index in [-0.39, 0.29) is 17.6 Å². The minimum absolute atomic E-state index is 0.0978. The van der Waals surface area contributed by atoms with Crippen LogP contribution in [0.1, 0.15) is 40.2 Å². The molecule has 4 heteroatoms. The third-order valence-electron chi connectivity index (χ3n) is 3.49. The summed E-state index contributed by atoms with van der Waals surface area (Å²) in [5.41, 5.74) is 2.81. The van der Waals surface area contributed by atoms with Gasteiger partial charge in [-0.2, -0.15) is 0 Å². The summed E-state index contributed by atoms with van der Waals surface area (Å²) in [6.07, 6.45) is 0.128. The third-order valence-corrected chi connectivity index (χ3v) is 3.49. The molecular formula is C20H26N2O2. The first-order valence-electron chi connectivity index (χ1n) is 8.19. The highest BCUT2D eigenvalue weighted by atomic mass is 16.5. The van der Waals surface area contributed by atoms with Crippen molar-refractivity contribution in [2.24, 2.45) is 0 Å². The lowest BCUT2D eigenvalue weighted by Gasteiger charge is -2.19. The van der Waals surface area contributed by atoms with E-state index in [4.69, 9.17) is 4.74 Å². The summed E-state index contributed by atoms with van der Waals surface area (Å²) >= 11 is 0. The van der Waals surface area contributed by atoms with E-state index < -0.39 is 0 Å². The second kappa shape index (κ2) is 7.39. The van der Waals surface area contributed by atoms with Crippen LogP contribution in [0.4, 0.5) is 16.2 Å². The Morgan fingerprint density at radius 1 is 0.875 bits per heavy atom. The van der Waals surface area contributed by atoms with Gasteiger partial charge in [-0.05, 0) is 61.2 Å². The first-order valence-corrected chi connectivity index (χ1v) is 8.19. The normalized spacial score (nSPS) is 11.2. The quantitative estimate of drug-likeness (QED) is 0.788. The van der Waals surface area contributed by atoms with Gasteiger partial charge in [-0.3, -0.25) is 0 Å². The van der Waals surface area contributed by atoms with Crippen LogP contribution in [0, 0.1) is 0 Å². The van der Waals surface area contributed by atoms with Gasteiger partial charge in [-0.1, -0.05) is 32.9 Å². The lowest BCUT2D eigenvalue weighted by atomic mass is 9.87. The molecule has 24 heavy (non-hydrogen) atoms. The van der Waals surface area contributed by atoms with Crippen LogP contribution in [0.2, 0.25) is 0 Å². The van der Waals surface area contributed by atoms with Gasteiger partial charge >= 0.3 is 6.03 Å². The molecule has 0 aliphatic rings. The molecule has 4 nitrogen and oxygen atoms in total. The number of amides is 2. The van der Waals surface area contributed by atoms with Gasteiger partial charge in [0.1, 0.15) is 5.75 Å². The number of anilines is 2. The summed E-state index contributed by atoms with van der Waals surface area (Å²) in [7, 11) is 0. The number of rotatable bonds is 4. The molecule has 0 heterocycles. The molecule has 0 spiro atoms. The van der Waals surface area contributed by atoms with Crippen LogP contribution in [-0.4, -0.2) is 12.1 Å². The molecule has 0 aliphatic carbocycles. The average molecular weight is 326 g/mol. The van der Waals surface area contributed by atoms with E-state index in [1.165, 1.54) is 5.56 Å². The van der Waals surface area contributed by atoms with Gasteiger partial charge < -0.3 is 15.4 Å². The van der Waals surface area contributed by atoms with E-state index in [0.717, 1.165) is 17.1 Å². The van der Waals surface area contributed by atoms with Crippen LogP contribution in [0.25, 0.3) is 0 Å². The predicted molar refractivity (Wildman–Crippen MR) is 100.0 cm³/mol. The predicted octanol–water partition coefficient (Wildman–Crippen LogP) is 5.42. The van der Waals surface area contributed by atoms with Crippen molar-refractivity contribution >= 4 is 17.4 Å². The van der Waals surface area contributed by atoms with Crippen LogP contribution >= 0.6 is 0 Å². The molecule has 0 bridgehead atoms. The lowest BCUT2D eigenvalue weighted by molar-refractivity contribution is 0.242. The molecule has 0 fully saturated rings. The monoisotopic (exact) mass is 326 g/mol. The molecule has 2 aromatic rings. The number of hydrogen-bond acceptors (Lipinski definition) is 2. The molecule has 0 saturated heterocycles. The Morgan fingerprint density at radius 2 is 1.33 bits per heavy atom. The Morgan fingerprint density at radius 3 is 1.75 bits per heavy atom. The molecule has 0 aromatic heterocycles. The van der Waals surface area contributed by atoms with Crippen molar-refractivity contribution in [2.75, 3.05) is 10.6 Å². The Kier molecular flexibility index (Phi) is 5.50. The summed E-state index contributed by atoms with van der Waals surface area (Å²) in [5, 5.41) is 5.64. The Balaban J connectivity index is 1.93. The standard InChI is InChI=1S/C20H26N2O2/c1-14(2)24-18-12-10-17(11-13-18)22-19(23)21-16-8-6-15(7-9-16)20(3,4)5/h6-14H,1-5H3,(H2,21,22,23). The number of urea groups is 1. The summed E-state index contributed by atoms with van der Waals surface area (Å²) in [4.78, 5) is 12.1. The topological polar surface area (TPSA) is 50.4 Å². The third kappa shape index (κ3) is 5.30. The highest BCUT2D eigenvalue weighted by molar-refractivity contribution is 5.99. The summed E-state index contributed by atoms with van der Waals surface area (Å²) in [5.74, 6) is 0.786. The van der Waals surface area contributed by atoms with Crippen LogP contribution in [-0.2, 0) is 5.41 Å². The van der Waals surface area contributed by atoms with E-state index in [0.29, 0.717) is 0 Å². The second-order valence-corrected chi connectivity index (χ2v) is 7.10. The molecule has 0 aliphatic heterocycles. The van der Waals surface area contributed by atoms with E-state index >= 15 is 0 Å². The zero-order valence-electron chi connectivity index (χ0n) is 15.0. The van der Waals surface area contributed by atoms with Crippen molar-refractivity contribution in [1.29, 1.82) is 0 Å². The minimum atomic E-state index is -0.268. The highest BCUT2D eigenvalue weighted by Gasteiger charge is 2.13. The number of hydrogen-bond donors (Lipinski definition) is 2. The summed E-state index contributed by atoms with van der Waals surface area (Å²) in [6, 6.07) is 15.0. The number of carbonyl (C=O) groups is 1. The summed E-state index contributed by atoms with van der Waals surface area (Å²) in [6.45, 7) is 10.4. The fraction of sp³-hybridized carbons (Fsp3) is 0.350. The Bertz CT molecular complexity index is 668. The molecule has 2 amide bonds. The van der Waals surface area contributed by atoms with Crippen molar-refractivity contribution in [1.82, 2.24) is 0 Å². The van der Waals surface area contributed by atoms with Crippen LogP contribution in [0.3, 0.4) is 0 Å². The van der Waals surface area contributed by atoms with Gasteiger partial charge in [0, 0.05) is 11.4 Å². The maximum atomic E-state index is 12.1. The molecule has 2 N–H and O–H groups in total. The molecule has 2 rings (SSSR count). The maximum Gasteiger partial charge on any atom is 0.323 e. The lowest BCUT2D eigenvalue weighted by Crippen LogP contribution is -2.19. The second-order valence-electron chi connectivity index (χ2n) is 7.10. The number of benzene rings is 2. The van der Waals surface area contributed by atoms with Gasteiger partial charge in [0.05, 0.1) is 6.10 Å². The zero-order valence-corrected chi connectivity index (χ0v) is 15.0. The van der Waals surface area contributed by atoms with Gasteiger partial charge in [0.25, 0.3) is 0 Å². The van der Waals surface area contributed by atoms with Gasteiger partial charge in [-0.25, -0.2) is 4.79 Å². The van der Waals surface area contributed by atoms with Crippen molar-refractivity contribution in [3.63, 3.8) is 0 Å². The minimum Gasteiger partial charge on any atom is -0.491 e. The van der Waals surface area contributed by atoms with Crippen molar-refractivity contribution in [3.8, 4) is 5.75 Å². The van der Waals surface area contributed by atoms with Crippen LogP contribution < -0.4 is 15.4 Å². The molecule has 128 valence electrons. The number of carbonyl (C=O) groups excluding carboxylic acids is 1. The van der Waals surface area contributed by atoms with Gasteiger partial charge in [0.15, 0.2) is 0 Å². The molecule has 0 atom stereocenters. The summed E-state index contributed by atoms with van der Waals surface area (Å²) < 4.78 is 5.58. The van der Waals surface area contributed by atoms with E-state index in [9.17, 15) is 4.79 Å². The molecule has 2 aromatic carbocycles. The van der Waals surface area contributed by atoms with Crippen LogP contribution in [0.5, 0.6) is 5.75 Å². The average Bonchev–Trinajstić information content (AvgIpc) is 2.48. The molecule has 0 unspecified atom stereocenters. The molecular weight excluding hydrogens is 300 g/mol. The number of nitrogens with one attached hydrogen (secondary N) is 2.